The molecule has 0 amide bonds. The maximum Gasteiger partial charge on any atom is 0.275 e. The van der Waals surface area contributed by atoms with Gasteiger partial charge in [0, 0.05) is 11.8 Å². The van der Waals surface area contributed by atoms with Crippen molar-refractivity contribution in [2.24, 2.45) is 0 Å². The van der Waals surface area contributed by atoms with Crippen molar-refractivity contribution < 1.29 is 0 Å². The van der Waals surface area contributed by atoms with Crippen molar-refractivity contribution in [3.8, 4) is 5.69 Å². The Morgan fingerprint density at radius 2 is 2.00 bits per heavy atom. The van der Waals surface area contributed by atoms with Crippen molar-refractivity contribution in [2.75, 3.05) is 0 Å². The predicted molar refractivity (Wildman–Crippen MR) is 105 cm³/mol. The third kappa shape index (κ3) is 3.62. The molecule has 27 heavy (non-hydrogen) atoms. The first-order valence-electron chi connectivity index (χ1n) is 8.39. The van der Waals surface area contributed by atoms with Crippen molar-refractivity contribution in [1.29, 1.82) is 0 Å². The molecule has 3 aromatic heterocycles. The summed E-state index contributed by atoms with van der Waals surface area (Å²) in [6.07, 6.45) is 0. The summed E-state index contributed by atoms with van der Waals surface area (Å²) in [5.41, 5.74) is 2.70. The molecule has 10 heteroatoms. The second-order valence-electron chi connectivity index (χ2n) is 6.33. The second-order valence-corrected chi connectivity index (χ2v) is 8.32. The number of thioether (sulfide) groups is 1. The van der Waals surface area contributed by atoms with Gasteiger partial charge in [-0.2, -0.15) is 14.3 Å². The maximum absolute atomic E-state index is 12.0. The third-order valence-electron chi connectivity index (χ3n) is 3.98. The highest BCUT2D eigenvalue weighted by Gasteiger charge is 2.13. The lowest BCUT2D eigenvalue weighted by Gasteiger charge is -2.07. The van der Waals surface area contributed by atoms with Crippen LogP contribution in [0.4, 0.5) is 0 Å². The van der Waals surface area contributed by atoms with Crippen LogP contribution in [0.25, 0.3) is 10.6 Å². The molecule has 3 heterocycles. The minimum absolute atomic E-state index is 0.167. The fraction of sp³-hybridized carbons (Fsp3) is 0.294. The van der Waals surface area contributed by atoms with E-state index in [1.54, 1.807) is 11.6 Å². The van der Waals surface area contributed by atoms with Gasteiger partial charge >= 0.3 is 0 Å². The molecule has 0 aliphatic heterocycles. The van der Waals surface area contributed by atoms with E-state index in [-0.39, 0.29) is 5.56 Å². The minimum Gasteiger partial charge on any atom is -0.267 e. The maximum atomic E-state index is 12.0. The Labute approximate surface area is 163 Å². The molecule has 138 valence electrons. The van der Waals surface area contributed by atoms with Gasteiger partial charge in [-0.05, 0) is 41.0 Å². The number of aromatic nitrogens is 7. The molecule has 0 saturated carbocycles. The highest BCUT2D eigenvalue weighted by molar-refractivity contribution is 7.98. The molecule has 0 aliphatic carbocycles. The molecule has 4 rings (SSSR count). The zero-order chi connectivity index (χ0) is 19.0. The predicted octanol–water partition coefficient (Wildman–Crippen LogP) is 2.85. The monoisotopic (exact) mass is 399 g/mol. The second kappa shape index (κ2) is 7.20. The van der Waals surface area contributed by atoms with Crippen LogP contribution in [0, 0.1) is 6.92 Å². The van der Waals surface area contributed by atoms with E-state index in [9.17, 15) is 4.79 Å². The summed E-state index contributed by atoms with van der Waals surface area (Å²) in [4.78, 5) is 16.9. The number of tetrazole rings is 1. The molecule has 0 radical (unpaired) electrons. The van der Waals surface area contributed by atoms with Gasteiger partial charge in [-0.1, -0.05) is 49.1 Å². The van der Waals surface area contributed by atoms with Crippen molar-refractivity contribution in [3.63, 3.8) is 0 Å². The number of rotatable bonds is 5. The molecule has 0 saturated heterocycles. The smallest absolute Gasteiger partial charge is 0.267 e. The Kier molecular flexibility index (Phi) is 4.75. The largest absolute Gasteiger partial charge is 0.275 e. The Morgan fingerprint density at radius 3 is 2.74 bits per heavy atom. The van der Waals surface area contributed by atoms with Crippen molar-refractivity contribution in [2.45, 2.75) is 37.6 Å². The van der Waals surface area contributed by atoms with Crippen LogP contribution >= 0.6 is 23.1 Å². The number of nitrogens with zero attached hydrogens (tertiary/aromatic N) is 7. The molecule has 0 spiro atoms. The van der Waals surface area contributed by atoms with E-state index in [4.69, 9.17) is 0 Å². The van der Waals surface area contributed by atoms with Crippen LogP contribution in [0.5, 0.6) is 0 Å². The van der Waals surface area contributed by atoms with E-state index in [2.05, 4.69) is 51.6 Å². The van der Waals surface area contributed by atoms with Gasteiger partial charge in [0.25, 0.3) is 5.56 Å². The summed E-state index contributed by atoms with van der Waals surface area (Å²) in [6.45, 7) is 6.12. The van der Waals surface area contributed by atoms with Crippen LogP contribution < -0.4 is 5.56 Å². The highest BCUT2D eigenvalue weighted by Crippen LogP contribution is 2.25. The molecular formula is C17H17N7OS2. The summed E-state index contributed by atoms with van der Waals surface area (Å²) >= 11 is 2.87. The first-order valence-corrected chi connectivity index (χ1v) is 10.2. The number of benzene rings is 1. The first kappa shape index (κ1) is 17.8. The topological polar surface area (TPSA) is 90.9 Å². The molecule has 0 bridgehead atoms. The summed E-state index contributed by atoms with van der Waals surface area (Å²) in [5.74, 6) is 1.03. The van der Waals surface area contributed by atoms with E-state index >= 15 is 0 Å². The molecule has 4 aromatic rings. The van der Waals surface area contributed by atoms with Gasteiger partial charge in [0.15, 0.2) is 0 Å². The van der Waals surface area contributed by atoms with Gasteiger partial charge in [0.05, 0.1) is 11.4 Å². The first-order chi connectivity index (χ1) is 13.0. The summed E-state index contributed by atoms with van der Waals surface area (Å²) in [5, 5.41) is 17.8. The lowest BCUT2D eigenvalue weighted by Crippen LogP contribution is -2.14. The third-order valence-corrected chi connectivity index (χ3v) is 6.01. The number of hydrogen-bond acceptors (Lipinski definition) is 8. The minimum atomic E-state index is -0.167. The van der Waals surface area contributed by atoms with Gasteiger partial charge in [0.1, 0.15) is 5.01 Å². The molecule has 0 N–H and O–H groups in total. The van der Waals surface area contributed by atoms with Crippen LogP contribution in [0.2, 0.25) is 0 Å². The molecule has 0 fully saturated rings. The molecule has 1 aromatic carbocycles. The van der Waals surface area contributed by atoms with Gasteiger partial charge in [-0.3, -0.25) is 4.79 Å². The fourth-order valence-electron chi connectivity index (χ4n) is 2.58. The average Bonchev–Trinajstić information content (AvgIpc) is 3.26. The van der Waals surface area contributed by atoms with Crippen LogP contribution in [-0.2, 0) is 5.75 Å². The SMILES string of the molecule is Cc1cc(=O)n2nc(CSc3nnnn3-c3ccc(C(C)C)cc3)sc2n1. The van der Waals surface area contributed by atoms with Crippen LogP contribution in [-0.4, -0.2) is 34.8 Å². The quantitative estimate of drug-likeness (QED) is 0.477. The van der Waals surface area contributed by atoms with Crippen molar-refractivity contribution >= 4 is 28.1 Å². The van der Waals surface area contributed by atoms with E-state index in [1.165, 1.54) is 39.2 Å². The Balaban J connectivity index is 1.55. The molecular weight excluding hydrogens is 382 g/mol. The number of hydrogen-bond donors (Lipinski definition) is 0. The Hall–Kier alpha value is -2.59. The van der Waals surface area contributed by atoms with Crippen LogP contribution in [0.15, 0.2) is 40.3 Å². The number of aryl methyl sites for hydroxylation is 1. The lowest BCUT2D eigenvalue weighted by atomic mass is 10.0. The lowest BCUT2D eigenvalue weighted by molar-refractivity contribution is 0.754. The molecule has 8 nitrogen and oxygen atoms in total. The van der Waals surface area contributed by atoms with Crippen LogP contribution in [0.1, 0.15) is 36.0 Å². The summed E-state index contributed by atoms with van der Waals surface area (Å²) in [7, 11) is 0. The van der Waals surface area contributed by atoms with Crippen LogP contribution in [0.3, 0.4) is 0 Å². The summed E-state index contributed by atoms with van der Waals surface area (Å²) < 4.78 is 3.04. The Bertz CT molecular complexity index is 1140. The zero-order valence-corrected chi connectivity index (χ0v) is 16.7. The van der Waals surface area contributed by atoms with E-state index in [1.807, 2.05) is 12.1 Å². The Morgan fingerprint density at radius 1 is 1.22 bits per heavy atom. The van der Waals surface area contributed by atoms with E-state index in [0.29, 0.717) is 27.5 Å². The fourth-order valence-corrected chi connectivity index (χ4v) is 4.40. The van der Waals surface area contributed by atoms with Crippen molar-refractivity contribution in [3.05, 3.63) is 57.0 Å². The molecule has 0 aliphatic rings. The molecule has 0 atom stereocenters. The standard InChI is InChI=1S/C17H17N7OS2/c1-10(2)12-4-6-13(7-5-12)23-17(19-21-22-23)26-9-14-20-24-15(25)8-11(3)18-16(24)27-14/h4-8,10H,9H2,1-3H3. The van der Waals surface area contributed by atoms with Gasteiger partial charge < -0.3 is 0 Å². The highest BCUT2D eigenvalue weighted by atomic mass is 32.2. The average molecular weight is 400 g/mol. The van der Waals surface area contributed by atoms with Gasteiger partial charge in [-0.15, -0.1) is 5.10 Å². The normalized spacial score (nSPS) is 11.6. The molecule has 0 unspecified atom stereocenters. The van der Waals surface area contributed by atoms with E-state index < -0.39 is 0 Å². The van der Waals surface area contributed by atoms with E-state index in [0.717, 1.165) is 10.7 Å². The number of fused-ring (bicyclic) bond motifs is 1. The summed E-state index contributed by atoms with van der Waals surface area (Å²) in [6, 6.07) is 9.68. The van der Waals surface area contributed by atoms with Gasteiger partial charge in [0.2, 0.25) is 10.1 Å². The zero-order valence-electron chi connectivity index (χ0n) is 15.0. The van der Waals surface area contributed by atoms with Crippen molar-refractivity contribution in [1.82, 2.24) is 34.8 Å². The van der Waals surface area contributed by atoms with Gasteiger partial charge in [-0.25, -0.2) is 4.98 Å².